The number of allylic oxidation sites excluding steroid dienone is 4. The summed E-state index contributed by atoms with van der Waals surface area (Å²) in [6.07, 6.45) is 3.92. The van der Waals surface area contributed by atoms with Crippen LogP contribution in [0.5, 0.6) is 0 Å². The second-order valence-corrected chi connectivity index (χ2v) is 3.88. The molecule has 0 bridgehead atoms. The van der Waals surface area contributed by atoms with Gasteiger partial charge in [-0.3, -0.25) is 4.79 Å². The molecule has 12 heavy (non-hydrogen) atoms. The van der Waals surface area contributed by atoms with Crippen molar-refractivity contribution in [3.8, 4) is 0 Å². The Labute approximate surface area is 74.2 Å². The molecule has 0 heterocycles. The summed E-state index contributed by atoms with van der Waals surface area (Å²) in [6.45, 7) is 8.23. The van der Waals surface area contributed by atoms with Crippen LogP contribution in [0.4, 0.5) is 0 Å². The lowest BCUT2D eigenvalue weighted by Gasteiger charge is -2.09. The molecule has 0 spiro atoms. The first kappa shape index (κ1) is 9.24. The third-order valence-electron chi connectivity index (χ3n) is 2.21. The molecule has 0 amide bonds. The average molecular weight is 164 g/mol. The quantitative estimate of drug-likeness (QED) is 0.613. The molecule has 0 saturated heterocycles. The van der Waals surface area contributed by atoms with E-state index in [1.165, 1.54) is 0 Å². The first-order valence-electron chi connectivity index (χ1n) is 4.50. The molecule has 66 valence electrons. The van der Waals surface area contributed by atoms with Gasteiger partial charge in [-0.25, -0.2) is 0 Å². The molecule has 0 aliphatic heterocycles. The summed E-state index contributed by atoms with van der Waals surface area (Å²) in [4.78, 5) is 11.7. The molecule has 1 aliphatic rings. The van der Waals surface area contributed by atoms with Crippen LogP contribution in [0.2, 0.25) is 0 Å². The highest BCUT2D eigenvalue weighted by Gasteiger charge is 2.23. The van der Waals surface area contributed by atoms with Crippen LogP contribution in [-0.2, 0) is 4.79 Å². The van der Waals surface area contributed by atoms with Crippen molar-refractivity contribution < 1.29 is 4.79 Å². The van der Waals surface area contributed by atoms with Gasteiger partial charge in [-0.15, -0.1) is 0 Å². The summed E-state index contributed by atoms with van der Waals surface area (Å²) < 4.78 is 0. The molecule has 0 atom stereocenters. The summed E-state index contributed by atoms with van der Waals surface area (Å²) in [5.41, 5.74) is 1.91. The predicted molar refractivity (Wildman–Crippen MR) is 50.8 cm³/mol. The zero-order chi connectivity index (χ0) is 9.30. The molecule has 0 unspecified atom stereocenters. The van der Waals surface area contributed by atoms with Gasteiger partial charge in [-0.2, -0.15) is 0 Å². The zero-order valence-corrected chi connectivity index (χ0v) is 8.22. The summed E-state index contributed by atoms with van der Waals surface area (Å²) >= 11 is 0. The largest absolute Gasteiger partial charge is 0.289 e. The van der Waals surface area contributed by atoms with E-state index in [0.717, 1.165) is 11.1 Å². The normalized spacial score (nSPS) is 17.3. The second kappa shape index (κ2) is 3.26. The van der Waals surface area contributed by atoms with Gasteiger partial charge in [0.05, 0.1) is 0 Å². The molecular weight excluding hydrogens is 148 g/mol. The van der Waals surface area contributed by atoms with Crippen LogP contribution in [0.1, 0.15) is 27.7 Å². The third kappa shape index (κ3) is 1.50. The van der Waals surface area contributed by atoms with Crippen molar-refractivity contribution in [2.75, 3.05) is 0 Å². The van der Waals surface area contributed by atoms with Crippen molar-refractivity contribution in [2.45, 2.75) is 27.7 Å². The van der Waals surface area contributed by atoms with E-state index in [9.17, 15) is 4.79 Å². The van der Waals surface area contributed by atoms with Crippen LogP contribution in [0.3, 0.4) is 0 Å². The van der Waals surface area contributed by atoms with Crippen molar-refractivity contribution >= 4 is 5.78 Å². The van der Waals surface area contributed by atoms with Gasteiger partial charge in [0.1, 0.15) is 0 Å². The second-order valence-electron chi connectivity index (χ2n) is 3.88. The van der Waals surface area contributed by atoms with Gasteiger partial charge in [-0.05, 0) is 11.8 Å². The van der Waals surface area contributed by atoms with E-state index in [4.69, 9.17) is 0 Å². The molecular formula is C11H16O. The van der Waals surface area contributed by atoms with Crippen molar-refractivity contribution in [1.82, 2.24) is 0 Å². The van der Waals surface area contributed by atoms with Crippen LogP contribution in [0, 0.1) is 11.8 Å². The Morgan fingerprint density at radius 2 is 1.25 bits per heavy atom. The topological polar surface area (TPSA) is 17.1 Å². The molecule has 0 fully saturated rings. The summed E-state index contributed by atoms with van der Waals surface area (Å²) in [7, 11) is 0. The minimum atomic E-state index is 0.250. The maximum atomic E-state index is 11.7. The Kier molecular flexibility index (Phi) is 2.51. The van der Waals surface area contributed by atoms with Gasteiger partial charge < -0.3 is 0 Å². The van der Waals surface area contributed by atoms with Gasteiger partial charge in [-0.1, -0.05) is 39.8 Å². The van der Waals surface area contributed by atoms with Gasteiger partial charge in [0.15, 0.2) is 5.78 Å². The number of hydrogen-bond donors (Lipinski definition) is 0. The number of Topliss-reactive ketones (excluding diaryl/α,β-unsaturated/α-hetero) is 1. The van der Waals surface area contributed by atoms with E-state index in [1.807, 2.05) is 12.2 Å². The average Bonchev–Trinajstić information content (AvgIpc) is 2.30. The molecule has 1 rings (SSSR count). The molecule has 0 radical (unpaired) electrons. The third-order valence-corrected chi connectivity index (χ3v) is 2.21. The van der Waals surface area contributed by atoms with E-state index < -0.39 is 0 Å². The van der Waals surface area contributed by atoms with Crippen molar-refractivity contribution in [3.63, 3.8) is 0 Å². The summed E-state index contributed by atoms with van der Waals surface area (Å²) in [5.74, 6) is 0.954. The minimum absolute atomic E-state index is 0.250. The smallest absolute Gasteiger partial charge is 0.185 e. The standard InChI is InChI=1S/C11H16O/c1-7(2)9-5-6-10(8(3)4)11(9)12/h5-8H,1-4H3. The molecule has 0 N–H and O–H groups in total. The predicted octanol–water partition coefficient (Wildman–Crippen LogP) is 2.73. The highest BCUT2D eigenvalue weighted by Crippen LogP contribution is 2.25. The highest BCUT2D eigenvalue weighted by molar-refractivity contribution is 6.11. The number of carbonyl (C=O) groups is 1. The number of carbonyl (C=O) groups excluding carboxylic acids is 1. The maximum Gasteiger partial charge on any atom is 0.185 e. The number of rotatable bonds is 2. The molecule has 0 aromatic rings. The van der Waals surface area contributed by atoms with E-state index >= 15 is 0 Å². The Hall–Kier alpha value is -0.850. The maximum absolute atomic E-state index is 11.7. The van der Waals surface area contributed by atoms with E-state index in [2.05, 4.69) is 27.7 Å². The van der Waals surface area contributed by atoms with Gasteiger partial charge >= 0.3 is 0 Å². The van der Waals surface area contributed by atoms with E-state index in [-0.39, 0.29) is 5.78 Å². The molecule has 1 nitrogen and oxygen atoms in total. The number of ketones is 1. The molecule has 1 aliphatic carbocycles. The van der Waals surface area contributed by atoms with E-state index in [0.29, 0.717) is 11.8 Å². The fraction of sp³-hybridized carbons (Fsp3) is 0.545. The van der Waals surface area contributed by atoms with Crippen LogP contribution >= 0.6 is 0 Å². The fourth-order valence-corrected chi connectivity index (χ4v) is 1.41. The molecule has 1 heteroatoms. The minimum Gasteiger partial charge on any atom is -0.289 e. The monoisotopic (exact) mass is 164 g/mol. The summed E-state index contributed by atoms with van der Waals surface area (Å²) in [6, 6.07) is 0. The lowest BCUT2D eigenvalue weighted by atomic mass is 9.94. The number of hydrogen-bond acceptors (Lipinski definition) is 1. The zero-order valence-electron chi connectivity index (χ0n) is 8.22. The lowest BCUT2D eigenvalue weighted by molar-refractivity contribution is -0.112. The highest BCUT2D eigenvalue weighted by atomic mass is 16.1. The molecule has 0 aromatic carbocycles. The van der Waals surface area contributed by atoms with E-state index in [1.54, 1.807) is 0 Å². The fourth-order valence-electron chi connectivity index (χ4n) is 1.41. The van der Waals surface area contributed by atoms with Gasteiger partial charge in [0.25, 0.3) is 0 Å². The Morgan fingerprint density at radius 1 is 0.917 bits per heavy atom. The van der Waals surface area contributed by atoms with Crippen LogP contribution in [0.15, 0.2) is 23.3 Å². The Bertz CT molecular complexity index is 228. The molecule has 0 saturated carbocycles. The van der Waals surface area contributed by atoms with Crippen molar-refractivity contribution in [2.24, 2.45) is 11.8 Å². The molecule has 0 aromatic heterocycles. The SMILES string of the molecule is CC(C)C1=CC=C(C(C)C)C1=O. The van der Waals surface area contributed by atoms with Crippen LogP contribution < -0.4 is 0 Å². The van der Waals surface area contributed by atoms with Crippen LogP contribution in [-0.4, -0.2) is 5.78 Å². The van der Waals surface area contributed by atoms with Crippen molar-refractivity contribution in [3.05, 3.63) is 23.3 Å². The summed E-state index contributed by atoms with van der Waals surface area (Å²) in [5, 5.41) is 0. The Balaban J connectivity index is 2.80. The first-order chi connectivity index (χ1) is 5.54. The van der Waals surface area contributed by atoms with Crippen LogP contribution in [0.25, 0.3) is 0 Å². The van der Waals surface area contributed by atoms with Gasteiger partial charge in [0.2, 0.25) is 0 Å². The Morgan fingerprint density at radius 3 is 1.42 bits per heavy atom. The lowest BCUT2D eigenvalue weighted by Crippen LogP contribution is -2.10. The van der Waals surface area contributed by atoms with Crippen molar-refractivity contribution in [1.29, 1.82) is 0 Å². The van der Waals surface area contributed by atoms with Gasteiger partial charge in [0, 0.05) is 11.1 Å². The first-order valence-corrected chi connectivity index (χ1v) is 4.50.